The summed E-state index contributed by atoms with van der Waals surface area (Å²) in [6, 6.07) is 10.5. The van der Waals surface area contributed by atoms with Crippen LogP contribution in [-0.2, 0) is 4.74 Å². The Labute approximate surface area is 145 Å². The van der Waals surface area contributed by atoms with Crippen LogP contribution in [0, 0.1) is 0 Å². The van der Waals surface area contributed by atoms with E-state index in [4.69, 9.17) is 21.1 Å². The number of nitrogens with zero attached hydrogens (tertiary/aromatic N) is 2. The average Bonchev–Trinajstić information content (AvgIpc) is 2.61. The van der Waals surface area contributed by atoms with E-state index in [-0.39, 0.29) is 12.1 Å². The van der Waals surface area contributed by atoms with Crippen LogP contribution in [0.25, 0.3) is 0 Å². The molecule has 1 aromatic carbocycles. The molecule has 1 aliphatic heterocycles. The summed E-state index contributed by atoms with van der Waals surface area (Å²) in [6.07, 6.45) is 3.15. The molecule has 24 heavy (non-hydrogen) atoms. The van der Waals surface area contributed by atoms with Gasteiger partial charge in [0.05, 0.1) is 19.3 Å². The third kappa shape index (κ3) is 4.59. The van der Waals surface area contributed by atoms with Gasteiger partial charge in [0, 0.05) is 23.5 Å². The number of hydrogen-bond donors (Lipinski definition) is 1. The number of benzene rings is 1. The normalized spacial score (nSPS) is 17.4. The van der Waals surface area contributed by atoms with Crippen LogP contribution in [0.2, 0.25) is 5.02 Å². The summed E-state index contributed by atoms with van der Waals surface area (Å²) in [6.45, 7) is 1.85. The molecule has 1 aromatic heterocycles. The standard InChI is InChI=1S/C17H18ClN3O3/c18-13-3-1-4-14(9-13)20-17(22)21-7-8-23-16(11-21)12-24-15-5-2-6-19-10-15/h1-6,9-10,16H,7-8,11-12H2,(H,20,22). The SMILES string of the molecule is O=C(Nc1cccc(Cl)c1)N1CCOC(COc2cccnc2)C1. The number of aromatic nitrogens is 1. The molecular formula is C17H18ClN3O3. The lowest BCUT2D eigenvalue weighted by Crippen LogP contribution is -2.49. The fourth-order valence-electron chi connectivity index (χ4n) is 2.40. The van der Waals surface area contributed by atoms with Crippen molar-refractivity contribution in [2.75, 3.05) is 31.6 Å². The quantitative estimate of drug-likeness (QED) is 0.923. The van der Waals surface area contributed by atoms with Crippen LogP contribution in [-0.4, -0.2) is 48.3 Å². The minimum Gasteiger partial charge on any atom is -0.489 e. The van der Waals surface area contributed by atoms with Gasteiger partial charge in [0.15, 0.2) is 0 Å². The topological polar surface area (TPSA) is 63.7 Å². The molecule has 0 saturated carbocycles. The number of anilines is 1. The number of hydrogen-bond acceptors (Lipinski definition) is 4. The second kappa shape index (κ2) is 7.99. The molecule has 3 rings (SSSR count). The van der Waals surface area contributed by atoms with Crippen LogP contribution in [0.5, 0.6) is 5.75 Å². The second-order valence-electron chi connectivity index (χ2n) is 5.38. The first-order valence-electron chi connectivity index (χ1n) is 7.66. The zero-order chi connectivity index (χ0) is 16.8. The zero-order valence-electron chi connectivity index (χ0n) is 13.0. The monoisotopic (exact) mass is 347 g/mol. The molecule has 1 fully saturated rings. The maximum absolute atomic E-state index is 12.4. The Balaban J connectivity index is 1.52. The fourth-order valence-corrected chi connectivity index (χ4v) is 2.59. The van der Waals surface area contributed by atoms with Crippen molar-refractivity contribution in [1.29, 1.82) is 0 Å². The molecule has 7 heteroatoms. The highest BCUT2D eigenvalue weighted by Gasteiger charge is 2.24. The number of carbonyl (C=O) groups excluding carboxylic acids is 1. The maximum Gasteiger partial charge on any atom is 0.322 e. The summed E-state index contributed by atoms with van der Waals surface area (Å²) in [5.41, 5.74) is 0.669. The minimum absolute atomic E-state index is 0.174. The smallest absolute Gasteiger partial charge is 0.322 e. The van der Waals surface area contributed by atoms with Gasteiger partial charge in [-0.3, -0.25) is 4.98 Å². The van der Waals surface area contributed by atoms with Gasteiger partial charge in [-0.1, -0.05) is 17.7 Å². The molecule has 0 bridgehead atoms. The van der Waals surface area contributed by atoms with Gasteiger partial charge >= 0.3 is 6.03 Å². The number of ether oxygens (including phenoxy) is 2. The maximum atomic E-state index is 12.4. The van der Waals surface area contributed by atoms with Crippen LogP contribution >= 0.6 is 11.6 Å². The number of nitrogens with one attached hydrogen (secondary N) is 1. The minimum atomic E-state index is -0.177. The summed E-state index contributed by atoms with van der Waals surface area (Å²) in [5.74, 6) is 0.682. The first-order chi connectivity index (χ1) is 11.7. The summed E-state index contributed by atoms with van der Waals surface area (Å²) in [4.78, 5) is 18.1. The zero-order valence-corrected chi connectivity index (χ0v) is 13.8. The summed E-state index contributed by atoms with van der Waals surface area (Å²) in [7, 11) is 0. The number of morpholine rings is 1. The van der Waals surface area contributed by atoms with Gasteiger partial charge in [-0.2, -0.15) is 0 Å². The molecule has 0 radical (unpaired) electrons. The Kier molecular flexibility index (Phi) is 5.51. The number of rotatable bonds is 4. The largest absolute Gasteiger partial charge is 0.489 e. The average molecular weight is 348 g/mol. The Bertz CT molecular complexity index is 684. The molecule has 1 atom stereocenters. The van der Waals surface area contributed by atoms with Gasteiger partial charge in [-0.15, -0.1) is 0 Å². The van der Waals surface area contributed by atoms with Gasteiger partial charge in [0.2, 0.25) is 0 Å². The first-order valence-corrected chi connectivity index (χ1v) is 8.04. The Morgan fingerprint density at radius 1 is 1.42 bits per heavy atom. The van der Waals surface area contributed by atoms with Gasteiger partial charge in [0.25, 0.3) is 0 Å². The number of pyridine rings is 1. The van der Waals surface area contributed by atoms with E-state index in [9.17, 15) is 4.79 Å². The number of urea groups is 1. The molecule has 2 heterocycles. The van der Waals surface area contributed by atoms with Crippen molar-refractivity contribution >= 4 is 23.3 Å². The highest BCUT2D eigenvalue weighted by Crippen LogP contribution is 2.16. The van der Waals surface area contributed by atoms with Crippen molar-refractivity contribution in [3.63, 3.8) is 0 Å². The van der Waals surface area contributed by atoms with Crippen molar-refractivity contribution in [2.24, 2.45) is 0 Å². The number of halogens is 1. The van der Waals surface area contributed by atoms with Gasteiger partial charge in [-0.25, -0.2) is 4.79 Å². The number of carbonyl (C=O) groups is 1. The van der Waals surface area contributed by atoms with Crippen molar-refractivity contribution < 1.29 is 14.3 Å². The predicted molar refractivity (Wildman–Crippen MR) is 91.5 cm³/mol. The van der Waals surface area contributed by atoms with Crippen molar-refractivity contribution in [3.8, 4) is 5.75 Å². The highest BCUT2D eigenvalue weighted by molar-refractivity contribution is 6.30. The van der Waals surface area contributed by atoms with E-state index in [1.54, 1.807) is 41.6 Å². The van der Waals surface area contributed by atoms with Crippen LogP contribution in [0.15, 0.2) is 48.8 Å². The van der Waals surface area contributed by atoms with E-state index in [1.165, 1.54) is 0 Å². The lowest BCUT2D eigenvalue weighted by atomic mass is 10.3. The Hall–Kier alpha value is -2.31. The molecule has 126 valence electrons. The molecule has 2 amide bonds. The lowest BCUT2D eigenvalue weighted by molar-refractivity contribution is -0.0337. The van der Waals surface area contributed by atoms with E-state index >= 15 is 0 Å². The van der Waals surface area contributed by atoms with E-state index in [0.29, 0.717) is 42.8 Å². The van der Waals surface area contributed by atoms with Crippen molar-refractivity contribution in [1.82, 2.24) is 9.88 Å². The van der Waals surface area contributed by atoms with Crippen LogP contribution < -0.4 is 10.1 Å². The Morgan fingerprint density at radius 3 is 3.12 bits per heavy atom. The fraction of sp³-hybridized carbons (Fsp3) is 0.294. The third-order valence-electron chi connectivity index (χ3n) is 3.57. The molecule has 2 aromatic rings. The molecule has 1 aliphatic rings. The molecule has 1 N–H and O–H groups in total. The highest BCUT2D eigenvalue weighted by atomic mass is 35.5. The molecule has 1 saturated heterocycles. The van der Waals surface area contributed by atoms with Crippen molar-refractivity contribution in [3.05, 3.63) is 53.8 Å². The lowest BCUT2D eigenvalue weighted by Gasteiger charge is -2.32. The predicted octanol–water partition coefficient (Wildman–Crippen LogP) is 3.05. The van der Waals surface area contributed by atoms with Crippen molar-refractivity contribution in [2.45, 2.75) is 6.10 Å². The third-order valence-corrected chi connectivity index (χ3v) is 3.81. The van der Waals surface area contributed by atoms with E-state index in [1.807, 2.05) is 12.1 Å². The van der Waals surface area contributed by atoms with Crippen LogP contribution in [0.4, 0.5) is 10.5 Å². The summed E-state index contributed by atoms with van der Waals surface area (Å²) >= 11 is 5.93. The second-order valence-corrected chi connectivity index (χ2v) is 5.82. The summed E-state index contributed by atoms with van der Waals surface area (Å²) in [5, 5.41) is 3.42. The van der Waals surface area contributed by atoms with Crippen LogP contribution in [0.1, 0.15) is 0 Å². The molecule has 0 aliphatic carbocycles. The van der Waals surface area contributed by atoms with E-state index in [2.05, 4.69) is 10.3 Å². The van der Waals surface area contributed by atoms with Crippen LogP contribution in [0.3, 0.4) is 0 Å². The van der Waals surface area contributed by atoms with Gasteiger partial charge in [-0.05, 0) is 30.3 Å². The molecule has 6 nitrogen and oxygen atoms in total. The van der Waals surface area contributed by atoms with E-state index in [0.717, 1.165) is 0 Å². The molecule has 0 spiro atoms. The molecular weight excluding hydrogens is 330 g/mol. The van der Waals surface area contributed by atoms with E-state index < -0.39 is 0 Å². The number of amides is 2. The first kappa shape index (κ1) is 16.5. The Morgan fingerprint density at radius 2 is 2.33 bits per heavy atom. The van der Waals surface area contributed by atoms with Gasteiger partial charge < -0.3 is 19.7 Å². The molecule has 1 unspecified atom stereocenters. The summed E-state index contributed by atoms with van der Waals surface area (Å²) < 4.78 is 11.3. The van der Waals surface area contributed by atoms with Gasteiger partial charge in [0.1, 0.15) is 18.5 Å².